The van der Waals surface area contributed by atoms with Crippen molar-refractivity contribution in [1.29, 1.82) is 0 Å². The summed E-state index contributed by atoms with van der Waals surface area (Å²) in [5.74, 6) is 0. The molecule has 0 aliphatic carbocycles. The van der Waals surface area contributed by atoms with Crippen LogP contribution < -0.4 is 22.5 Å². The van der Waals surface area contributed by atoms with Gasteiger partial charge in [-0.2, -0.15) is 0 Å². The van der Waals surface area contributed by atoms with Gasteiger partial charge in [0.2, 0.25) is 0 Å². The van der Waals surface area contributed by atoms with E-state index in [1.165, 1.54) is 21.5 Å². The number of hydrogen-bond acceptors (Lipinski definition) is 11. The molecular weight excluding hydrogens is 543 g/mol. The van der Waals surface area contributed by atoms with Crippen molar-refractivity contribution in [3.63, 3.8) is 0 Å². The van der Waals surface area contributed by atoms with Crippen LogP contribution in [-0.2, 0) is 30.8 Å². The van der Waals surface area contributed by atoms with E-state index in [4.69, 9.17) is 30.8 Å². The van der Waals surface area contributed by atoms with Crippen molar-refractivity contribution in [1.82, 2.24) is 19.1 Å². The topological polar surface area (TPSA) is 187 Å². The van der Waals surface area contributed by atoms with Crippen LogP contribution in [-0.4, -0.2) is 72.6 Å². The highest BCUT2D eigenvalue weighted by atomic mass is 32.7. The first-order valence-electron chi connectivity index (χ1n) is 12.2. The highest BCUT2D eigenvalue weighted by Crippen LogP contribution is 2.70. The molecule has 16 heteroatoms. The Morgan fingerprint density at radius 2 is 1.58 bits per heavy atom. The van der Waals surface area contributed by atoms with Crippen LogP contribution >= 0.6 is 6.92 Å². The predicted octanol–water partition coefficient (Wildman–Crippen LogP) is -0.885. The molecule has 3 saturated heterocycles. The van der Waals surface area contributed by atoms with Gasteiger partial charge in [0.05, 0.1) is 19.3 Å². The summed E-state index contributed by atoms with van der Waals surface area (Å²) in [6.45, 7) is -0.180. The van der Waals surface area contributed by atoms with E-state index in [9.17, 15) is 29.4 Å². The predicted molar refractivity (Wildman–Crippen MR) is 136 cm³/mol. The van der Waals surface area contributed by atoms with Gasteiger partial charge in [-0.15, -0.1) is 0 Å². The van der Waals surface area contributed by atoms with E-state index in [0.29, 0.717) is 17.5 Å². The van der Waals surface area contributed by atoms with E-state index in [1.54, 1.807) is 13.8 Å². The summed E-state index contributed by atoms with van der Waals surface area (Å²) in [6, 6.07) is 0. The van der Waals surface area contributed by atoms with E-state index in [1.807, 2.05) is 0 Å². The van der Waals surface area contributed by atoms with Gasteiger partial charge in [-0.1, -0.05) is 0 Å². The number of aliphatic hydroxyl groups excluding tert-OH is 2. The maximum absolute atomic E-state index is 12.4. The lowest BCUT2D eigenvalue weighted by atomic mass is 10.1. The fourth-order valence-corrected chi connectivity index (χ4v) is 8.73. The fourth-order valence-electron chi connectivity index (χ4n) is 5.13. The minimum Gasteiger partial charge on any atom is -0.492 e. The van der Waals surface area contributed by atoms with E-state index in [-0.39, 0.29) is 19.4 Å². The van der Waals surface area contributed by atoms with Gasteiger partial charge in [-0.3, -0.25) is 28.7 Å². The summed E-state index contributed by atoms with van der Waals surface area (Å²) in [5, 5.41) is 20.8. The van der Waals surface area contributed by atoms with Crippen molar-refractivity contribution in [2.24, 2.45) is 0 Å². The zero-order chi connectivity index (χ0) is 27.4. The smallest absolute Gasteiger partial charge is 0.330 e. The van der Waals surface area contributed by atoms with Crippen molar-refractivity contribution >= 4 is 19.2 Å². The number of aromatic nitrogens is 4. The van der Waals surface area contributed by atoms with Crippen molar-refractivity contribution < 1.29 is 28.7 Å². The Hall–Kier alpha value is -2.10. The van der Waals surface area contributed by atoms with Crippen LogP contribution in [0.2, 0.25) is 0 Å². The van der Waals surface area contributed by atoms with Crippen LogP contribution in [0.3, 0.4) is 0 Å². The molecule has 0 spiro atoms. The highest BCUT2D eigenvalue weighted by molar-refractivity contribution is 8.38. The Kier molecular flexibility index (Phi) is 7.57. The third kappa shape index (κ3) is 4.97. The summed E-state index contributed by atoms with van der Waals surface area (Å²) >= 11 is 5.86. The molecule has 1 unspecified atom stereocenters. The van der Waals surface area contributed by atoms with Gasteiger partial charge < -0.3 is 31.9 Å². The normalized spacial score (nSPS) is 35.6. The van der Waals surface area contributed by atoms with Gasteiger partial charge in [-0.25, -0.2) is 18.6 Å². The lowest BCUT2D eigenvalue weighted by Gasteiger charge is -2.42. The minimum absolute atomic E-state index is 0.0992. The number of nitrogens with zero attached hydrogens (tertiary/aromatic N) is 2. The fraction of sp³-hybridized carbons (Fsp3) is 0.636. The first-order valence-corrected chi connectivity index (χ1v) is 14.9. The summed E-state index contributed by atoms with van der Waals surface area (Å²) in [6.07, 6.45) is -1.42. The summed E-state index contributed by atoms with van der Waals surface area (Å²) in [7, 11) is 0. The largest absolute Gasteiger partial charge is 0.492 e. The third-order valence-corrected chi connectivity index (χ3v) is 11.0. The first kappa shape index (κ1) is 27.5. The molecule has 8 atom stereocenters. The number of aromatic amines is 2. The third-order valence-electron chi connectivity index (χ3n) is 7.16. The molecule has 14 nitrogen and oxygen atoms in total. The zero-order valence-corrected chi connectivity index (χ0v) is 22.4. The molecule has 5 rings (SSSR count). The SMILES string of the molecule is Cc1cn([C@H]2C[C@H](O)[C@@H]([C@@H]3CCO[P+]([S-])([C@H]4C[C@H](n5cc(C)c(=O)[nH]c5=O)O[C@@H]4CO)O3)O2)c(=O)[nH]c1=O. The summed E-state index contributed by atoms with van der Waals surface area (Å²) < 4.78 is 26.7. The van der Waals surface area contributed by atoms with Crippen LogP contribution in [0, 0.1) is 13.8 Å². The molecule has 0 radical (unpaired) electrons. The van der Waals surface area contributed by atoms with E-state index in [0.717, 1.165) is 0 Å². The second-order valence-electron chi connectivity index (χ2n) is 9.74. The van der Waals surface area contributed by atoms with Crippen LogP contribution in [0.1, 0.15) is 42.8 Å². The molecule has 5 heterocycles. The molecule has 3 fully saturated rings. The monoisotopic (exact) mass is 572 g/mol. The summed E-state index contributed by atoms with van der Waals surface area (Å²) in [4.78, 5) is 52.7. The van der Waals surface area contributed by atoms with Crippen LogP contribution in [0.15, 0.2) is 31.6 Å². The molecule has 2 aromatic heterocycles. The number of aliphatic hydroxyl groups is 2. The molecule has 0 saturated carbocycles. The molecule has 3 aliphatic rings. The Labute approximate surface area is 221 Å². The minimum atomic E-state index is -3.12. The van der Waals surface area contributed by atoms with Crippen molar-refractivity contribution in [2.45, 2.75) is 75.6 Å². The Morgan fingerprint density at radius 3 is 2.16 bits per heavy atom. The van der Waals surface area contributed by atoms with Gasteiger partial charge in [-0.05, 0) is 13.8 Å². The van der Waals surface area contributed by atoms with Gasteiger partial charge >= 0.3 is 11.4 Å². The van der Waals surface area contributed by atoms with Gasteiger partial charge in [0.25, 0.3) is 11.1 Å². The van der Waals surface area contributed by atoms with E-state index >= 15 is 0 Å². The number of hydrogen-bond donors (Lipinski definition) is 4. The highest BCUT2D eigenvalue weighted by Gasteiger charge is 2.56. The molecule has 0 amide bonds. The maximum atomic E-state index is 12.4. The van der Waals surface area contributed by atoms with Crippen molar-refractivity contribution in [2.75, 3.05) is 13.2 Å². The molecule has 0 bridgehead atoms. The molecule has 2 aromatic rings. The molecule has 4 N–H and O–H groups in total. The molecule has 3 aliphatic heterocycles. The number of H-pyrrole nitrogens is 2. The second kappa shape index (κ2) is 10.5. The van der Waals surface area contributed by atoms with Crippen LogP contribution in [0.25, 0.3) is 0 Å². The van der Waals surface area contributed by atoms with Crippen molar-refractivity contribution in [3.8, 4) is 0 Å². The average Bonchev–Trinajstić information content (AvgIpc) is 3.48. The van der Waals surface area contributed by atoms with Crippen molar-refractivity contribution in [3.05, 3.63) is 65.2 Å². The van der Waals surface area contributed by atoms with Gasteiger partial charge in [0, 0.05) is 42.8 Å². The standard InChI is InChI=1S/C22H29N4O10PS/c1-10-7-25(21(31)23-19(10)29)16-5-12(28)18(35-16)13-3-4-33-37(38,36-13)15-6-17(34-14(15)9-27)26-8-11(2)20(30)24-22(26)32/h7-8,12-18,27-28H,3-6,9H2,1-2H3,(H,23,29,31)(H,24,30,32)/t12-,13-,14+,15-,16+,17+,18-,37?/m0/s1. The van der Waals surface area contributed by atoms with Gasteiger partial charge in [0.15, 0.2) is 6.92 Å². The Morgan fingerprint density at radius 1 is 1.00 bits per heavy atom. The average molecular weight is 573 g/mol. The molecule has 0 aromatic carbocycles. The maximum Gasteiger partial charge on any atom is 0.330 e. The number of ether oxygens (including phenoxy) is 2. The second-order valence-corrected chi connectivity index (χ2v) is 13.5. The number of rotatable bonds is 5. The van der Waals surface area contributed by atoms with Gasteiger partial charge in [0.1, 0.15) is 36.4 Å². The molecular formula is C22H29N4O10PS. The lowest BCUT2D eigenvalue weighted by molar-refractivity contribution is -0.0894. The quantitative estimate of drug-likeness (QED) is 0.257. The zero-order valence-electron chi connectivity index (χ0n) is 20.6. The number of aryl methyl sites for hydroxylation is 2. The van der Waals surface area contributed by atoms with Crippen LogP contribution in [0.4, 0.5) is 0 Å². The van der Waals surface area contributed by atoms with Crippen LogP contribution in [0.5, 0.6) is 0 Å². The summed E-state index contributed by atoms with van der Waals surface area (Å²) in [5.41, 5.74) is -2.22. The molecule has 38 heavy (non-hydrogen) atoms. The first-order chi connectivity index (χ1) is 18.0. The lowest BCUT2D eigenvalue weighted by Crippen LogP contribution is -2.42. The molecule has 208 valence electrons. The Bertz CT molecular complexity index is 1440. The number of nitrogens with one attached hydrogen (secondary N) is 2. The van der Waals surface area contributed by atoms with E-state index in [2.05, 4.69) is 9.97 Å². The van der Waals surface area contributed by atoms with E-state index < -0.39 is 78.6 Å². The Balaban J connectivity index is 1.35.